The third-order valence-electron chi connectivity index (χ3n) is 6.67. The van der Waals surface area contributed by atoms with Crippen LogP contribution in [0.4, 0.5) is 0 Å². The average Bonchev–Trinajstić information content (AvgIpc) is 3.54. The van der Waals surface area contributed by atoms with Crippen LogP contribution in [0, 0.1) is 12.8 Å². The Morgan fingerprint density at radius 3 is 2.83 bits per heavy atom. The number of para-hydroxylation sites is 1. The summed E-state index contributed by atoms with van der Waals surface area (Å²) in [6.45, 7) is 2.59. The molecule has 8 heteroatoms. The van der Waals surface area contributed by atoms with E-state index < -0.39 is 0 Å². The van der Waals surface area contributed by atoms with Gasteiger partial charge >= 0.3 is 0 Å². The van der Waals surface area contributed by atoms with E-state index in [0.717, 1.165) is 64.7 Å². The van der Waals surface area contributed by atoms with Gasteiger partial charge in [0, 0.05) is 60.3 Å². The molecule has 0 radical (unpaired) electrons. The van der Waals surface area contributed by atoms with Crippen LogP contribution in [0.15, 0.2) is 48.9 Å². The summed E-state index contributed by atoms with van der Waals surface area (Å²) in [5.74, 6) is 0.884. The van der Waals surface area contributed by atoms with E-state index in [1.54, 1.807) is 18.6 Å². The van der Waals surface area contributed by atoms with Crippen LogP contribution in [-0.4, -0.2) is 25.7 Å². The van der Waals surface area contributed by atoms with Gasteiger partial charge in [0.05, 0.1) is 10.7 Å². The summed E-state index contributed by atoms with van der Waals surface area (Å²) in [4.78, 5) is 21.5. The first kappa shape index (κ1) is 23.3. The maximum Gasteiger partial charge on any atom is 0.223 e. The number of rotatable bonds is 7. The van der Waals surface area contributed by atoms with Gasteiger partial charge in [-0.3, -0.25) is 14.5 Å². The minimum absolute atomic E-state index is 0.103. The fraction of sp³-hybridized carbons (Fsp3) is 0.333. The molecule has 1 amide bonds. The molecule has 4 aromatic rings. The minimum Gasteiger partial charge on any atom is -0.487 e. The minimum atomic E-state index is 0.103. The molecule has 0 atom stereocenters. The van der Waals surface area contributed by atoms with E-state index in [9.17, 15) is 4.79 Å². The van der Waals surface area contributed by atoms with Crippen molar-refractivity contribution in [2.45, 2.75) is 45.8 Å². The number of halogens is 1. The Labute approximate surface area is 209 Å². The molecule has 1 fully saturated rings. The number of carbonyl (C=O) groups excluding carboxylic acids is 1. The summed E-state index contributed by atoms with van der Waals surface area (Å²) >= 11 is 6.51. The second-order valence-corrected chi connectivity index (χ2v) is 9.46. The molecule has 0 aliphatic heterocycles. The van der Waals surface area contributed by atoms with Crippen molar-refractivity contribution in [2.75, 3.05) is 0 Å². The van der Waals surface area contributed by atoms with Crippen molar-refractivity contribution in [1.82, 2.24) is 25.1 Å². The average molecular weight is 490 g/mol. The molecule has 1 saturated carbocycles. The van der Waals surface area contributed by atoms with Crippen LogP contribution in [-0.2, 0) is 25.0 Å². The standard InChI is InChI=1S/C27H28ClN5O2/c1-17-12-21(24-10-11-31-33(24)2)20-8-5-9-25(26(20)32-17)35-16-22-19(13-29-15-23(22)28)14-30-27(34)18-6-3-4-7-18/h5,8-13,15,18H,3-4,6-7,14,16H2,1-2H3,(H,30,34). The summed E-state index contributed by atoms with van der Waals surface area (Å²) < 4.78 is 8.13. The molecule has 0 bridgehead atoms. The molecule has 7 nitrogen and oxygen atoms in total. The predicted molar refractivity (Wildman–Crippen MR) is 136 cm³/mol. The monoisotopic (exact) mass is 489 g/mol. The summed E-state index contributed by atoms with van der Waals surface area (Å²) in [6, 6.07) is 9.98. The largest absolute Gasteiger partial charge is 0.487 e. The predicted octanol–water partition coefficient (Wildman–Crippen LogP) is 5.38. The summed E-state index contributed by atoms with van der Waals surface area (Å²) in [7, 11) is 1.93. The first-order chi connectivity index (χ1) is 17.0. The quantitative estimate of drug-likeness (QED) is 0.377. The molecule has 3 heterocycles. The van der Waals surface area contributed by atoms with Gasteiger partial charge in [-0.15, -0.1) is 0 Å². The zero-order chi connectivity index (χ0) is 24.4. The van der Waals surface area contributed by atoms with E-state index >= 15 is 0 Å². The third kappa shape index (κ3) is 4.86. The molecule has 3 aromatic heterocycles. The molecule has 35 heavy (non-hydrogen) atoms. The number of ether oxygens (including phenoxy) is 1. The summed E-state index contributed by atoms with van der Waals surface area (Å²) in [5.41, 5.74) is 5.39. The first-order valence-electron chi connectivity index (χ1n) is 11.9. The highest BCUT2D eigenvalue weighted by Gasteiger charge is 2.23. The van der Waals surface area contributed by atoms with Gasteiger partial charge in [-0.25, -0.2) is 4.98 Å². The second kappa shape index (κ2) is 10.0. The number of hydrogen-bond donors (Lipinski definition) is 1. The lowest BCUT2D eigenvalue weighted by atomic mass is 10.0. The van der Waals surface area contributed by atoms with Gasteiger partial charge in [0.2, 0.25) is 5.91 Å². The van der Waals surface area contributed by atoms with Gasteiger partial charge in [-0.05, 0) is 43.5 Å². The van der Waals surface area contributed by atoms with Crippen molar-refractivity contribution >= 4 is 28.4 Å². The van der Waals surface area contributed by atoms with Crippen molar-refractivity contribution in [3.63, 3.8) is 0 Å². The van der Waals surface area contributed by atoms with Crippen LogP contribution in [0.25, 0.3) is 22.2 Å². The topological polar surface area (TPSA) is 81.9 Å². The number of benzene rings is 1. The molecule has 1 aliphatic rings. The lowest BCUT2D eigenvalue weighted by molar-refractivity contribution is -0.124. The van der Waals surface area contributed by atoms with Crippen molar-refractivity contribution in [1.29, 1.82) is 0 Å². The lowest BCUT2D eigenvalue weighted by Gasteiger charge is -2.16. The van der Waals surface area contributed by atoms with Gasteiger partial charge in [0.15, 0.2) is 0 Å². The van der Waals surface area contributed by atoms with E-state index in [1.807, 2.05) is 42.9 Å². The number of hydrogen-bond acceptors (Lipinski definition) is 5. The maximum absolute atomic E-state index is 12.5. The van der Waals surface area contributed by atoms with Crippen molar-refractivity contribution in [3.8, 4) is 17.0 Å². The van der Waals surface area contributed by atoms with Gasteiger partial charge in [0.25, 0.3) is 0 Å². The molecule has 0 unspecified atom stereocenters. The molecule has 5 rings (SSSR count). The van der Waals surface area contributed by atoms with E-state index in [-0.39, 0.29) is 18.4 Å². The Morgan fingerprint density at radius 2 is 2.06 bits per heavy atom. The Kier molecular flexibility index (Phi) is 6.68. The number of amides is 1. The van der Waals surface area contributed by atoms with Crippen LogP contribution in [0.5, 0.6) is 5.75 Å². The molecule has 0 spiro atoms. The van der Waals surface area contributed by atoms with Gasteiger partial charge < -0.3 is 10.1 Å². The number of aryl methyl sites for hydroxylation is 2. The number of aromatic nitrogens is 4. The van der Waals surface area contributed by atoms with Crippen LogP contribution in [0.2, 0.25) is 5.02 Å². The highest BCUT2D eigenvalue weighted by atomic mass is 35.5. The normalized spacial score (nSPS) is 13.9. The van der Waals surface area contributed by atoms with E-state index in [0.29, 0.717) is 17.3 Å². The Bertz CT molecular complexity index is 1380. The Morgan fingerprint density at radius 1 is 1.23 bits per heavy atom. The maximum atomic E-state index is 12.5. The Balaban J connectivity index is 1.40. The number of carbonyl (C=O) groups is 1. The number of pyridine rings is 2. The zero-order valence-electron chi connectivity index (χ0n) is 19.9. The van der Waals surface area contributed by atoms with Crippen LogP contribution >= 0.6 is 11.6 Å². The SMILES string of the molecule is Cc1cc(-c2ccnn2C)c2cccc(OCc3c(Cl)cncc3CNC(=O)C3CCCC3)c2n1. The molecule has 1 aromatic carbocycles. The lowest BCUT2D eigenvalue weighted by Crippen LogP contribution is -2.29. The van der Waals surface area contributed by atoms with Crippen LogP contribution < -0.4 is 10.1 Å². The van der Waals surface area contributed by atoms with Crippen LogP contribution in [0.3, 0.4) is 0 Å². The van der Waals surface area contributed by atoms with Gasteiger partial charge in [-0.1, -0.05) is 36.6 Å². The number of nitrogens with one attached hydrogen (secondary N) is 1. The van der Waals surface area contributed by atoms with E-state index in [1.165, 1.54) is 0 Å². The van der Waals surface area contributed by atoms with Crippen molar-refractivity contribution in [2.24, 2.45) is 13.0 Å². The molecule has 180 valence electrons. The van der Waals surface area contributed by atoms with Crippen LogP contribution in [0.1, 0.15) is 42.5 Å². The highest BCUT2D eigenvalue weighted by Crippen LogP contribution is 2.34. The first-order valence-corrected chi connectivity index (χ1v) is 12.3. The second-order valence-electron chi connectivity index (χ2n) is 9.05. The fourth-order valence-electron chi connectivity index (χ4n) is 4.80. The highest BCUT2D eigenvalue weighted by molar-refractivity contribution is 6.31. The van der Waals surface area contributed by atoms with Crippen molar-refractivity contribution in [3.05, 3.63) is 70.8 Å². The van der Waals surface area contributed by atoms with Crippen molar-refractivity contribution < 1.29 is 9.53 Å². The summed E-state index contributed by atoms with van der Waals surface area (Å²) in [6.07, 6.45) is 9.30. The number of nitrogens with zero attached hydrogens (tertiary/aromatic N) is 4. The molecular weight excluding hydrogens is 462 g/mol. The molecular formula is C27H28ClN5O2. The fourth-order valence-corrected chi connectivity index (χ4v) is 5.03. The van der Waals surface area contributed by atoms with Gasteiger partial charge in [0.1, 0.15) is 17.9 Å². The van der Waals surface area contributed by atoms with E-state index in [2.05, 4.69) is 21.5 Å². The van der Waals surface area contributed by atoms with E-state index in [4.69, 9.17) is 21.3 Å². The molecule has 1 N–H and O–H groups in total. The molecule has 1 aliphatic carbocycles. The summed E-state index contributed by atoms with van der Waals surface area (Å²) in [5, 5.41) is 8.87. The third-order valence-corrected chi connectivity index (χ3v) is 7.00. The Hall–Kier alpha value is -3.45. The smallest absolute Gasteiger partial charge is 0.223 e. The molecule has 0 saturated heterocycles. The zero-order valence-corrected chi connectivity index (χ0v) is 20.7. The van der Waals surface area contributed by atoms with Gasteiger partial charge in [-0.2, -0.15) is 5.10 Å². The number of fused-ring (bicyclic) bond motifs is 1.